The summed E-state index contributed by atoms with van der Waals surface area (Å²) in [4.78, 5) is 0. The molecule has 1 fully saturated rings. The van der Waals surface area contributed by atoms with Crippen molar-refractivity contribution in [3.05, 3.63) is 60.2 Å². The van der Waals surface area contributed by atoms with Gasteiger partial charge in [-0.3, -0.25) is 0 Å². The van der Waals surface area contributed by atoms with Gasteiger partial charge in [0.05, 0.1) is 6.61 Å². The predicted molar refractivity (Wildman–Crippen MR) is 78.6 cm³/mol. The fraction of sp³-hybridized carbons (Fsp3) is 0.412. The van der Waals surface area contributed by atoms with E-state index in [0.29, 0.717) is 6.61 Å². The highest BCUT2D eigenvalue weighted by atomic mass is 16.7. The summed E-state index contributed by atoms with van der Waals surface area (Å²) in [7, 11) is 1.63. The molecule has 1 saturated heterocycles. The highest BCUT2D eigenvalue weighted by Gasteiger charge is 2.39. The highest BCUT2D eigenvalue weighted by Crippen LogP contribution is 2.35. The first-order valence-corrected chi connectivity index (χ1v) is 7.13. The van der Waals surface area contributed by atoms with Crippen molar-refractivity contribution in [2.24, 2.45) is 0 Å². The van der Waals surface area contributed by atoms with Gasteiger partial charge in [-0.15, -0.1) is 6.58 Å². The number of ether oxygens (including phenoxy) is 4. The molecular weight excluding hydrogens is 268 g/mol. The number of hydrogen-bond donors (Lipinski definition) is 0. The van der Waals surface area contributed by atoms with Crippen LogP contribution in [0.5, 0.6) is 0 Å². The quantitative estimate of drug-likeness (QED) is 0.798. The Morgan fingerprint density at radius 2 is 2.10 bits per heavy atom. The lowest BCUT2D eigenvalue weighted by Gasteiger charge is -2.41. The second kappa shape index (κ2) is 6.54. The third kappa shape index (κ3) is 3.09. The molecule has 1 unspecified atom stereocenters. The van der Waals surface area contributed by atoms with E-state index in [1.807, 2.05) is 42.5 Å². The van der Waals surface area contributed by atoms with Gasteiger partial charge < -0.3 is 18.9 Å². The molecule has 0 amide bonds. The number of rotatable bonds is 4. The first-order valence-electron chi connectivity index (χ1n) is 7.13. The maximum atomic E-state index is 6.12. The van der Waals surface area contributed by atoms with Crippen LogP contribution in [0.15, 0.2) is 54.6 Å². The van der Waals surface area contributed by atoms with E-state index in [1.54, 1.807) is 7.11 Å². The Morgan fingerprint density at radius 1 is 1.29 bits per heavy atom. The van der Waals surface area contributed by atoms with E-state index in [2.05, 4.69) is 6.58 Å². The lowest BCUT2D eigenvalue weighted by molar-refractivity contribution is -0.284. The third-order valence-electron chi connectivity index (χ3n) is 3.73. The molecule has 4 heteroatoms. The van der Waals surface area contributed by atoms with Crippen LogP contribution in [0.25, 0.3) is 0 Å². The highest BCUT2D eigenvalue weighted by molar-refractivity contribution is 5.21. The second-order valence-electron chi connectivity index (χ2n) is 5.15. The topological polar surface area (TPSA) is 36.9 Å². The van der Waals surface area contributed by atoms with Gasteiger partial charge in [-0.25, -0.2) is 0 Å². The molecule has 2 heterocycles. The van der Waals surface area contributed by atoms with Crippen LogP contribution in [0.4, 0.5) is 0 Å². The van der Waals surface area contributed by atoms with Crippen molar-refractivity contribution in [1.82, 2.24) is 0 Å². The zero-order chi connectivity index (χ0) is 14.7. The summed E-state index contributed by atoms with van der Waals surface area (Å²) >= 11 is 0. The van der Waals surface area contributed by atoms with E-state index in [4.69, 9.17) is 18.9 Å². The molecule has 0 aromatic heterocycles. The van der Waals surface area contributed by atoms with Crippen LogP contribution in [0, 0.1) is 0 Å². The number of hydrogen-bond acceptors (Lipinski definition) is 4. The average Bonchev–Trinajstić information content (AvgIpc) is 2.55. The van der Waals surface area contributed by atoms with Crippen molar-refractivity contribution in [2.45, 2.75) is 31.2 Å². The van der Waals surface area contributed by atoms with Gasteiger partial charge in [0.25, 0.3) is 0 Å². The van der Waals surface area contributed by atoms with Crippen LogP contribution >= 0.6 is 0 Å². The SMILES string of the molecule is C=CCC1=C[C@@H](OC)O[C@@H]2COC(c3ccccc3)O[C@@H]12. The molecule has 4 atom stereocenters. The minimum Gasteiger partial charge on any atom is -0.352 e. The second-order valence-corrected chi connectivity index (χ2v) is 5.15. The molecule has 0 bridgehead atoms. The van der Waals surface area contributed by atoms with Crippen molar-refractivity contribution in [3.63, 3.8) is 0 Å². The Kier molecular flexibility index (Phi) is 4.51. The summed E-state index contributed by atoms with van der Waals surface area (Å²) in [5.74, 6) is 0. The number of benzene rings is 1. The summed E-state index contributed by atoms with van der Waals surface area (Å²) in [5, 5.41) is 0. The van der Waals surface area contributed by atoms with Crippen LogP contribution in [-0.2, 0) is 18.9 Å². The monoisotopic (exact) mass is 288 g/mol. The average molecular weight is 288 g/mol. The molecule has 1 aromatic carbocycles. The minimum absolute atomic E-state index is 0.117. The molecule has 2 aliphatic rings. The lowest BCUT2D eigenvalue weighted by Crippen LogP contribution is -2.48. The summed E-state index contributed by atoms with van der Waals surface area (Å²) in [6.07, 6.45) is 3.63. The van der Waals surface area contributed by atoms with E-state index in [0.717, 1.165) is 17.6 Å². The molecule has 112 valence electrons. The van der Waals surface area contributed by atoms with Crippen molar-refractivity contribution in [2.75, 3.05) is 13.7 Å². The van der Waals surface area contributed by atoms with Crippen molar-refractivity contribution >= 4 is 0 Å². The van der Waals surface area contributed by atoms with Crippen molar-refractivity contribution in [1.29, 1.82) is 0 Å². The zero-order valence-corrected chi connectivity index (χ0v) is 12.1. The van der Waals surface area contributed by atoms with Gasteiger partial charge in [0, 0.05) is 12.7 Å². The molecule has 4 nitrogen and oxygen atoms in total. The maximum Gasteiger partial charge on any atom is 0.184 e. The summed E-state index contributed by atoms with van der Waals surface area (Å²) in [6.45, 7) is 4.30. The number of fused-ring (bicyclic) bond motifs is 1. The van der Waals surface area contributed by atoms with Gasteiger partial charge in [0.1, 0.15) is 12.2 Å². The van der Waals surface area contributed by atoms with E-state index in [1.165, 1.54) is 0 Å². The van der Waals surface area contributed by atoms with E-state index in [9.17, 15) is 0 Å². The predicted octanol–water partition coefficient (Wildman–Crippen LogP) is 2.97. The number of methoxy groups -OCH3 is 1. The molecule has 0 spiro atoms. The number of allylic oxidation sites excluding steroid dienone is 1. The van der Waals surface area contributed by atoms with Crippen LogP contribution in [0.3, 0.4) is 0 Å². The van der Waals surface area contributed by atoms with E-state index < -0.39 is 0 Å². The van der Waals surface area contributed by atoms with E-state index in [-0.39, 0.29) is 24.8 Å². The maximum absolute atomic E-state index is 6.12. The van der Waals surface area contributed by atoms with Gasteiger partial charge in [-0.1, -0.05) is 36.4 Å². The Bertz CT molecular complexity index is 511. The smallest absolute Gasteiger partial charge is 0.184 e. The molecule has 0 N–H and O–H groups in total. The molecule has 2 aliphatic heterocycles. The first kappa shape index (κ1) is 14.5. The summed E-state index contributed by atoms with van der Waals surface area (Å²) in [6, 6.07) is 9.94. The molecular formula is C17H20O4. The van der Waals surface area contributed by atoms with Crippen molar-refractivity contribution in [3.8, 4) is 0 Å². The normalized spacial score (nSPS) is 32.1. The zero-order valence-electron chi connectivity index (χ0n) is 12.1. The molecule has 0 saturated carbocycles. The van der Waals surface area contributed by atoms with Gasteiger partial charge in [0.2, 0.25) is 0 Å². The minimum atomic E-state index is -0.358. The lowest BCUT2D eigenvalue weighted by atomic mass is 9.97. The van der Waals surface area contributed by atoms with Crippen LogP contribution in [0.2, 0.25) is 0 Å². The van der Waals surface area contributed by atoms with Crippen molar-refractivity contribution < 1.29 is 18.9 Å². The first-order chi connectivity index (χ1) is 10.3. The molecule has 3 rings (SSSR count). The van der Waals surface area contributed by atoms with Crippen LogP contribution in [0.1, 0.15) is 18.3 Å². The fourth-order valence-electron chi connectivity index (χ4n) is 2.71. The Balaban J connectivity index is 1.80. The van der Waals surface area contributed by atoms with E-state index >= 15 is 0 Å². The van der Waals surface area contributed by atoms with Gasteiger partial charge in [-0.2, -0.15) is 0 Å². The van der Waals surface area contributed by atoms with Gasteiger partial charge >= 0.3 is 0 Å². The molecule has 1 aromatic rings. The molecule has 21 heavy (non-hydrogen) atoms. The van der Waals surface area contributed by atoms with Gasteiger partial charge in [-0.05, 0) is 18.1 Å². The van der Waals surface area contributed by atoms with Crippen LogP contribution in [-0.4, -0.2) is 32.2 Å². The largest absolute Gasteiger partial charge is 0.352 e. The Morgan fingerprint density at radius 3 is 2.81 bits per heavy atom. The standard InChI is InChI=1S/C17H20O4/c1-3-7-13-10-15(18-2)20-14-11-19-17(21-16(13)14)12-8-5-4-6-9-12/h3-6,8-10,14-17H,1,7,11H2,2H3/t14-,15+,16+,17?/m1/s1. The molecule has 0 aliphatic carbocycles. The third-order valence-corrected chi connectivity index (χ3v) is 3.73. The summed E-state index contributed by atoms with van der Waals surface area (Å²) in [5.41, 5.74) is 2.15. The molecule has 0 radical (unpaired) electrons. The summed E-state index contributed by atoms with van der Waals surface area (Å²) < 4.78 is 23.0. The Labute approximate surface area is 125 Å². The van der Waals surface area contributed by atoms with Crippen LogP contribution < -0.4 is 0 Å². The Hall–Kier alpha value is -1.46. The van der Waals surface area contributed by atoms with Gasteiger partial charge in [0.15, 0.2) is 12.6 Å². The fourth-order valence-corrected chi connectivity index (χ4v) is 2.71.